The summed E-state index contributed by atoms with van der Waals surface area (Å²) in [4.78, 5) is 12.4. The minimum atomic E-state index is 0.0517. The highest BCUT2D eigenvalue weighted by Gasteiger charge is 2.25. The van der Waals surface area contributed by atoms with Crippen molar-refractivity contribution in [2.45, 2.75) is 25.8 Å². The van der Waals surface area contributed by atoms with Crippen LogP contribution in [0.15, 0.2) is 12.3 Å². The molecule has 0 unspecified atom stereocenters. The van der Waals surface area contributed by atoms with Crippen LogP contribution in [0.25, 0.3) is 5.57 Å². The number of nitrogens with one attached hydrogen (secondary N) is 2. The van der Waals surface area contributed by atoms with E-state index >= 15 is 0 Å². The highest BCUT2D eigenvalue weighted by Crippen LogP contribution is 2.31. The maximum atomic E-state index is 12.4. The summed E-state index contributed by atoms with van der Waals surface area (Å²) in [7, 11) is 1.68. The number of carbonyl (C=O) groups excluding carboxylic acids is 1. The molecule has 2 N–H and O–H groups in total. The van der Waals surface area contributed by atoms with E-state index < -0.39 is 0 Å². The SMILES string of the molecule is COCCCNC(=O)c1cn2c3c1CCC=C3CNCC2. The van der Waals surface area contributed by atoms with E-state index in [0.29, 0.717) is 13.2 Å². The third-order valence-electron chi connectivity index (χ3n) is 4.17. The molecule has 5 heteroatoms. The minimum Gasteiger partial charge on any atom is -0.385 e. The standard InChI is InChI=1S/C16H23N3O2/c1-21-9-3-6-18-16(20)14-11-19-8-7-17-10-12-4-2-5-13(14)15(12)19/h4,11,17H,2-3,5-10H2,1H3,(H,18,20). The molecular weight excluding hydrogens is 266 g/mol. The first-order chi connectivity index (χ1) is 10.3. The molecule has 2 aliphatic rings. The van der Waals surface area contributed by atoms with Crippen molar-refractivity contribution in [2.75, 3.05) is 33.4 Å². The first-order valence-corrected chi connectivity index (χ1v) is 7.70. The van der Waals surface area contributed by atoms with Crippen LogP contribution < -0.4 is 10.6 Å². The third kappa shape index (κ3) is 2.89. The molecule has 0 radical (unpaired) electrons. The Balaban J connectivity index is 1.80. The summed E-state index contributed by atoms with van der Waals surface area (Å²) >= 11 is 0. The van der Waals surface area contributed by atoms with Crippen LogP contribution in [0.1, 0.15) is 34.5 Å². The van der Waals surface area contributed by atoms with Crippen molar-refractivity contribution in [1.29, 1.82) is 0 Å². The molecule has 1 aromatic rings. The molecule has 1 amide bonds. The second kappa shape index (κ2) is 6.45. The first-order valence-electron chi connectivity index (χ1n) is 7.70. The van der Waals surface area contributed by atoms with Gasteiger partial charge >= 0.3 is 0 Å². The van der Waals surface area contributed by atoms with E-state index in [-0.39, 0.29) is 5.91 Å². The normalized spacial score (nSPS) is 16.9. The number of ether oxygens (including phenoxy) is 1. The van der Waals surface area contributed by atoms with Gasteiger partial charge in [-0.05, 0) is 30.4 Å². The first kappa shape index (κ1) is 14.4. The molecule has 0 spiro atoms. The number of amides is 1. The van der Waals surface area contributed by atoms with Gasteiger partial charge < -0.3 is 19.9 Å². The molecule has 1 aliphatic heterocycles. The molecule has 0 saturated heterocycles. The number of allylic oxidation sites excluding steroid dienone is 1. The van der Waals surface area contributed by atoms with Gasteiger partial charge in [-0.3, -0.25) is 4.79 Å². The van der Waals surface area contributed by atoms with E-state index in [2.05, 4.69) is 21.3 Å². The van der Waals surface area contributed by atoms with E-state index in [1.807, 2.05) is 6.20 Å². The number of rotatable bonds is 5. The summed E-state index contributed by atoms with van der Waals surface area (Å²) in [6.07, 6.45) is 7.17. The van der Waals surface area contributed by atoms with E-state index in [4.69, 9.17) is 4.74 Å². The highest BCUT2D eigenvalue weighted by atomic mass is 16.5. The zero-order valence-corrected chi connectivity index (χ0v) is 12.6. The number of hydrogen-bond donors (Lipinski definition) is 2. The molecule has 0 aromatic carbocycles. The van der Waals surface area contributed by atoms with Crippen molar-refractivity contribution in [3.63, 3.8) is 0 Å². The van der Waals surface area contributed by atoms with Gasteiger partial charge in [0, 0.05) is 51.8 Å². The van der Waals surface area contributed by atoms with Gasteiger partial charge in [0.1, 0.15) is 0 Å². The third-order valence-corrected chi connectivity index (χ3v) is 4.17. The predicted molar refractivity (Wildman–Crippen MR) is 82.4 cm³/mol. The highest BCUT2D eigenvalue weighted by molar-refractivity contribution is 5.97. The predicted octanol–water partition coefficient (Wildman–Crippen LogP) is 1.19. The Kier molecular flexibility index (Phi) is 4.41. The Labute approximate surface area is 125 Å². The molecule has 1 aromatic heterocycles. The number of hydrogen-bond acceptors (Lipinski definition) is 3. The summed E-state index contributed by atoms with van der Waals surface area (Å²) < 4.78 is 7.25. The summed E-state index contributed by atoms with van der Waals surface area (Å²) in [6.45, 7) is 4.13. The fraction of sp³-hybridized carbons (Fsp3) is 0.562. The molecule has 5 nitrogen and oxygen atoms in total. The van der Waals surface area contributed by atoms with Crippen LogP contribution in [-0.2, 0) is 17.7 Å². The summed E-state index contributed by atoms with van der Waals surface area (Å²) in [5, 5.41) is 6.44. The van der Waals surface area contributed by atoms with Gasteiger partial charge in [-0.15, -0.1) is 0 Å². The van der Waals surface area contributed by atoms with Crippen molar-refractivity contribution < 1.29 is 9.53 Å². The molecular formula is C16H23N3O2. The Morgan fingerprint density at radius 3 is 3.29 bits per heavy atom. The van der Waals surface area contributed by atoms with E-state index in [1.54, 1.807) is 7.11 Å². The lowest BCUT2D eigenvalue weighted by atomic mass is 9.94. The second-order valence-electron chi connectivity index (χ2n) is 5.61. The fourth-order valence-corrected chi connectivity index (χ4v) is 3.18. The molecule has 3 rings (SSSR count). The monoisotopic (exact) mass is 289 g/mol. The Bertz CT molecular complexity index is 560. The van der Waals surface area contributed by atoms with Gasteiger partial charge in [-0.25, -0.2) is 0 Å². The average molecular weight is 289 g/mol. The number of carbonyl (C=O) groups is 1. The Hall–Kier alpha value is -1.59. The minimum absolute atomic E-state index is 0.0517. The van der Waals surface area contributed by atoms with E-state index in [0.717, 1.165) is 44.5 Å². The van der Waals surface area contributed by atoms with Gasteiger partial charge in [0.05, 0.1) is 5.56 Å². The Morgan fingerprint density at radius 2 is 2.43 bits per heavy atom. The van der Waals surface area contributed by atoms with Crippen molar-refractivity contribution in [2.24, 2.45) is 0 Å². The zero-order valence-electron chi connectivity index (χ0n) is 12.6. The van der Waals surface area contributed by atoms with Gasteiger partial charge in [-0.1, -0.05) is 6.08 Å². The van der Waals surface area contributed by atoms with E-state index in [1.165, 1.54) is 16.8 Å². The maximum Gasteiger partial charge on any atom is 0.253 e. The van der Waals surface area contributed by atoms with Gasteiger partial charge in [0.25, 0.3) is 5.91 Å². The molecule has 0 fully saturated rings. The summed E-state index contributed by atoms with van der Waals surface area (Å²) in [5.41, 5.74) is 4.69. The molecule has 21 heavy (non-hydrogen) atoms. The lowest BCUT2D eigenvalue weighted by Gasteiger charge is -2.15. The molecule has 0 saturated carbocycles. The van der Waals surface area contributed by atoms with Crippen LogP contribution in [0.4, 0.5) is 0 Å². The number of aromatic nitrogens is 1. The quantitative estimate of drug-likeness (QED) is 0.801. The molecule has 114 valence electrons. The second-order valence-corrected chi connectivity index (χ2v) is 5.61. The van der Waals surface area contributed by atoms with Crippen molar-refractivity contribution >= 4 is 11.5 Å². The van der Waals surface area contributed by atoms with Gasteiger partial charge in [0.2, 0.25) is 0 Å². The van der Waals surface area contributed by atoms with Gasteiger partial charge in [-0.2, -0.15) is 0 Å². The molecule has 0 atom stereocenters. The maximum absolute atomic E-state index is 12.4. The van der Waals surface area contributed by atoms with Crippen molar-refractivity contribution in [3.05, 3.63) is 29.1 Å². The van der Waals surface area contributed by atoms with Crippen LogP contribution in [0, 0.1) is 0 Å². The fourth-order valence-electron chi connectivity index (χ4n) is 3.18. The lowest BCUT2D eigenvalue weighted by molar-refractivity contribution is 0.0947. The lowest BCUT2D eigenvalue weighted by Crippen LogP contribution is -2.26. The van der Waals surface area contributed by atoms with Crippen LogP contribution in [0.3, 0.4) is 0 Å². The van der Waals surface area contributed by atoms with Gasteiger partial charge in [0.15, 0.2) is 0 Å². The number of nitrogens with zero attached hydrogens (tertiary/aromatic N) is 1. The van der Waals surface area contributed by atoms with E-state index in [9.17, 15) is 4.79 Å². The van der Waals surface area contributed by atoms with Crippen LogP contribution in [0.5, 0.6) is 0 Å². The summed E-state index contributed by atoms with van der Waals surface area (Å²) in [5.74, 6) is 0.0517. The molecule has 1 aliphatic carbocycles. The molecule has 0 bridgehead atoms. The topological polar surface area (TPSA) is 55.3 Å². The van der Waals surface area contributed by atoms with Crippen molar-refractivity contribution in [3.8, 4) is 0 Å². The molecule has 2 heterocycles. The zero-order chi connectivity index (χ0) is 14.7. The van der Waals surface area contributed by atoms with Crippen molar-refractivity contribution in [1.82, 2.24) is 15.2 Å². The summed E-state index contributed by atoms with van der Waals surface area (Å²) in [6, 6.07) is 0. The van der Waals surface area contributed by atoms with Crippen LogP contribution in [-0.4, -0.2) is 43.8 Å². The van der Waals surface area contributed by atoms with Crippen LogP contribution >= 0.6 is 0 Å². The van der Waals surface area contributed by atoms with Crippen LogP contribution in [0.2, 0.25) is 0 Å². The smallest absolute Gasteiger partial charge is 0.253 e. The largest absolute Gasteiger partial charge is 0.385 e. The number of methoxy groups -OCH3 is 1. The Morgan fingerprint density at radius 1 is 1.52 bits per heavy atom. The average Bonchev–Trinajstić information content (AvgIpc) is 2.74.